The average Bonchev–Trinajstić information content (AvgIpc) is 3.24. The van der Waals surface area contributed by atoms with E-state index in [0.717, 1.165) is 43.2 Å². The van der Waals surface area contributed by atoms with Crippen molar-refractivity contribution in [3.05, 3.63) is 83.8 Å². The van der Waals surface area contributed by atoms with Crippen molar-refractivity contribution in [3.8, 4) is 0 Å². The highest BCUT2D eigenvalue weighted by Gasteiger charge is 2.28. The number of aromatic nitrogens is 2. The maximum atomic E-state index is 12.8. The van der Waals surface area contributed by atoms with Gasteiger partial charge >= 0.3 is 0 Å². The van der Waals surface area contributed by atoms with E-state index in [1.54, 1.807) is 6.20 Å². The van der Waals surface area contributed by atoms with Crippen LogP contribution in [0.15, 0.2) is 65.3 Å². The maximum absolute atomic E-state index is 12.8. The summed E-state index contributed by atoms with van der Waals surface area (Å²) < 4.78 is 6.05. The van der Waals surface area contributed by atoms with Crippen LogP contribution in [-0.2, 0) is 17.8 Å². The van der Waals surface area contributed by atoms with E-state index in [-0.39, 0.29) is 11.8 Å². The Hall–Kier alpha value is -2.99. The van der Waals surface area contributed by atoms with Gasteiger partial charge in [-0.15, -0.1) is 0 Å². The summed E-state index contributed by atoms with van der Waals surface area (Å²) in [5.74, 6) is 1.93. The van der Waals surface area contributed by atoms with Gasteiger partial charge in [0, 0.05) is 32.3 Å². The molecule has 30 heavy (non-hydrogen) atoms. The Morgan fingerprint density at radius 2 is 2.00 bits per heavy atom. The molecule has 0 radical (unpaired) electrons. The number of carbonyl (C=O) groups is 1. The molecule has 1 fully saturated rings. The molecule has 6 heteroatoms. The summed E-state index contributed by atoms with van der Waals surface area (Å²) in [6, 6.07) is 16.1. The Morgan fingerprint density at radius 1 is 1.17 bits per heavy atom. The van der Waals surface area contributed by atoms with Crippen LogP contribution in [0.3, 0.4) is 0 Å². The summed E-state index contributed by atoms with van der Waals surface area (Å²) >= 11 is 0. The lowest BCUT2D eigenvalue weighted by atomic mass is 9.98. The molecule has 0 bridgehead atoms. The van der Waals surface area contributed by atoms with Gasteiger partial charge in [0.1, 0.15) is 5.76 Å². The number of benzene rings is 1. The summed E-state index contributed by atoms with van der Waals surface area (Å²) in [5, 5.41) is 0. The molecule has 1 saturated heterocycles. The van der Waals surface area contributed by atoms with Crippen molar-refractivity contribution in [2.24, 2.45) is 0 Å². The molecule has 1 aliphatic rings. The third kappa shape index (κ3) is 5.33. The largest absolute Gasteiger partial charge is 0.445 e. The Kier molecular flexibility index (Phi) is 6.54. The van der Waals surface area contributed by atoms with E-state index >= 15 is 0 Å². The molecule has 1 atom stereocenters. The van der Waals surface area contributed by atoms with Crippen molar-refractivity contribution in [1.82, 2.24) is 19.8 Å². The molecule has 0 spiro atoms. The summed E-state index contributed by atoms with van der Waals surface area (Å²) in [6.45, 7) is 2.51. The smallest absolute Gasteiger partial charge is 0.236 e. The second kappa shape index (κ2) is 9.67. The first-order chi connectivity index (χ1) is 14.7. The number of hydrogen-bond donors (Lipinski definition) is 0. The summed E-state index contributed by atoms with van der Waals surface area (Å²) in [6.07, 6.45) is 6.31. The van der Waals surface area contributed by atoms with E-state index in [1.165, 1.54) is 5.56 Å². The van der Waals surface area contributed by atoms with E-state index in [0.29, 0.717) is 19.6 Å². The molecule has 156 valence electrons. The van der Waals surface area contributed by atoms with Crippen LogP contribution in [0.25, 0.3) is 0 Å². The predicted molar refractivity (Wildman–Crippen MR) is 115 cm³/mol. The van der Waals surface area contributed by atoms with E-state index in [2.05, 4.69) is 22.1 Å². The van der Waals surface area contributed by atoms with E-state index in [1.807, 2.05) is 59.4 Å². The van der Waals surface area contributed by atoms with Crippen LogP contribution >= 0.6 is 0 Å². The van der Waals surface area contributed by atoms with E-state index < -0.39 is 0 Å². The third-order valence-corrected chi connectivity index (χ3v) is 5.48. The number of rotatable bonds is 7. The number of amides is 1. The van der Waals surface area contributed by atoms with Crippen molar-refractivity contribution >= 4 is 5.91 Å². The fourth-order valence-electron chi connectivity index (χ4n) is 3.95. The first-order valence-corrected chi connectivity index (χ1v) is 10.5. The van der Waals surface area contributed by atoms with Gasteiger partial charge in [-0.2, -0.15) is 0 Å². The molecule has 0 saturated carbocycles. The minimum atomic E-state index is 0.147. The highest BCUT2D eigenvalue weighted by molar-refractivity contribution is 5.78. The predicted octanol–water partition coefficient (Wildman–Crippen LogP) is 3.50. The number of oxazole rings is 1. The minimum Gasteiger partial charge on any atom is -0.445 e. The molecule has 3 aromatic rings. The number of nitrogens with zero attached hydrogens (tertiary/aromatic N) is 4. The number of likely N-dealkylation sites (tertiary alicyclic amines) is 1. The first-order valence-electron chi connectivity index (χ1n) is 10.5. The highest BCUT2D eigenvalue weighted by Crippen LogP contribution is 2.27. The number of hydrogen-bond acceptors (Lipinski definition) is 5. The molecule has 1 amide bonds. The van der Waals surface area contributed by atoms with Crippen molar-refractivity contribution in [1.29, 1.82) is 0 Å². The number of pyridine rings is 1. The molecule has 2 aromatic heterocycles. The van der Waals surface area contributed by atoms with Crippen LogP contribution in [0, 0.1) is 0 Å². The van der Waals surface area contributed by atoms with Crippen LogP contribution in [0.4, 0.5) is 0 Å². The Labute approximate surface area is 177 Å². The van der Waals surface area contributed by atoms with E-state index in [4.69, 9.17) is 4.42 Å². The second-order valence-corrected chi connectivity index (χ2v) is 8.00. The van der Waals surface area contributed by atoms with Gasteiger partial charge in [0.05, 0.1) is 24.4 Å². The highest BCUT2D eigenvalue weighted by atomic mass is 16.4. The summed E-state index contributed by atoms with van der Waals surface area (Å²) in [4.78, 5) is 25.7. The molecular weight excluding hydrogens is 376 g/mol. The van der Waals surface area contributed by atoms with Crippen LogP contribution < -0.4 is 0 Å². The number of likely N-dealkylation sites (N-methyl/N-ethyl adjacent to an activating group) is 1. The molecule has 0 N–H and O–H groups in total. The van der Waals surface area contributed by atoms with Crippen LogP contribution in [0.2, 0.25) is 0 Å². The quantitative estimate of drug-likeness (QED) is 0.603. The standard InChI is InChI=1S/C24H28N4O2/c1-27(17-21-11-5-6-12-25-21)18-23(29)28-13-7-10-20(16-28)24-26-15-22(30-24)14-19-8-3-2-4-9-19/h2-6,8-9,11-12,15,20H,7,10,13-14,16-18H2,1H3/t20-/m0/s1. The Morgan fingerprint density at radius 3 is 2.80 bits per heavy atom. The molecule has 0 unspecified atom stereocenters. The van der Waals surface area contributed by atoms with Crippen LogP contribution in [0.1, 0.15) is 41.7 Å². The molecule has 0 aliphatic carbocycles. The van der Waals surface area contributed by atoms with Crippen LogP contribution in [-0.4, -0.2) is 52.4 Å². The summed E-state index contributed by atoms with van der Waals surface area (Å²) in [5.41, 5.74) is 2.17. The van der Waals surface area contributed by atoms with Gasteiger partial charge in [0.15, 0.2) is 5.89 Å². The first kappa shape index (κ1) is 20.3. The van der Waals surface area contributed by atoms with Gasteiger partial charge in [-0.3, -0.25) is 14.7 Å². The van der Waals surface area contributed by atoms with Crippen molar-refractivity contribution < 1.29 is 9.21 Å². The van der Waals surface area contributed by atoms with Crippen LogP contribution in [0.5, 0.6) is 0 Å². The SMILES string of the molecule is CN(CC(=O)N1CCC[C@H](c2ncc(Cc3ccccc3)o2)C1)Cc1ccccn1. The molecule has 4 rings (SSSR count). The maximum Gasteiger partial charge on any atom is 0.236 e. The Balaban J connectivity index is 1.32. The third-order valence-electron chi connectivity index (χ3n) is 5.48. The molecular formula is C24H28N4O2. The monoisotopic (exact) mass is 404 g/mol. The van der Waals surface area contributed by atoms with Gasteiger partial charge in [-0.25, -0.2) is 4.98 Å². The van der Waals surface area contributed by atoms with Gasteiger partial charge in [0.2, 0.25) is 5.91 Å². The lowest BCUT2D eigenvalue weighted by Crippen LogP contribution is -2.43. The lowest BCUT2D eigenvalue weighted by molar-refractivity contribution is -0.133. The molecule has 1 aliphatic heterocycles. The molecule has 1 aromatic carbocycles. The van der Waals surface area contributed by atoms with Crippen molar-refractivity contribution in [2.45, 2.75) is 31.7 Å². The van der Waals surface area contributed by atoms with Gasteiger partial charge in [-0.1, -0.05) is 36.4 Å². The zero-order valence-electron chi connectivity index (χ0n) is 17.4. The topological polar surface area (TPSA) is 62.5 Å². The molecule has 3 heterocycles. The zero-order chi connectivity index (χ0) is 20.8. The van der Waals surface area contributed by atoms with Crippen molar-refractivity contribution in [2.75, 3.05) is 26.7 Å². The second-order valence-electron chi connectivity index (χ2n) is 8.00. The molecule has 6 nitrogen and oxygen atoms in total. The van der Waals surface area contributed by atoms with Crippen molar-refractivity contribution in [3.63, 3.8) is 0 Å². The fourth-order valence-corrected chi connectivity index (χ4v) is 3.95. The summed E-state index contributed by atoms with van der Waals surface area (Å²) in [7, 11) is 1.96. The Bertz CT molecular complexity index is 942. The van der Waals surface area contributed by atoms with Gasteiger partial charge < -0.3 is 9.32 Å². The zero-order valence-corrected chi connectivity index (χ0v) is 17.4. The number of piperidine rings is 1. The van der Waals surface area contributed by atoms with Gasteiger partial charge in [-0.05, 0) is 37.6 Å². The minimum absolute atomic E-state index is 0.147. The average molecular weight is 405 g/mol. The number of carbonyl (C=O) groups excluding carboxylic acids is 1. The normalized spacial score (nSPS) is 16.7. The lowest BCUT2D eigenvalue weighted by Gasteiger charge is -2.32. The fraction of sp³-hybridized carbons (Fsp3) is 0.375. The van der Waals surface area contributed by atoms with Gasteiger partial charge in [0.25, 0.3) is 0 Å². The van der Waals surface area contributed by atoms with E-state index in [9.17, 15) is 4.79 Å².